The van der Waals surface area contributed by atoms with Gasteiger partial charge in [0, 0.05) is 52.1 Å². The third-order valence-electron chi connectivity index (χ3n) is 6.66. The van der Waals surface area contributed by atoms with Crippen molar-refractivity contribution in [3.63, 3.8) is 0 Å². The van der Waals surface area contributed by atoms with Gasteiger partial charge in [-0.15, -0.1) is 0 Å². The van der Waals surface area contributed by atoms with E-state index in [2.05, 4.69) is 20.9 Å². The first-order valence-electron chi connectivity index (χ1n) is 12.2. The Hall–Kier alpha value is -2.12. The fraction of sp³-hybridized carbons (Fsp3) is 0.680. The zero-order chi connectivity index (χ0) is 22.7. The van der Waals surface area contributed by atoms with Crippen molar-refractivity contribution in [2.75, 3.05) is 40.0 Å². The van der Waals surface area contributed by atoms with E-state index in [1.54, 1.807) is 7.05 Å². The number of amides is 1. The molecule has 1 aliphatic carbocycles. The van der Waals surface area contributed by atoms with E-state index < -0.39 is 0 Å². The monoisotopic (exact) mass is 444 g/mol. The molecule has 1 heterocycles. The number of benzene rings is 1. The van der Waals surface area contributed by atoms with E-state index in [4.69, 9.17) is 9.47 Å². The minimum absolute atomic E-state index is 0.0534. The largest absolute Gasteiger partial charge is 0.382 e. The summed E-state index contributed by atoms with van der Waals surface area (Å²) in [6.45, 7) is 6.54. The second kappa shape index (κ2) is 12.8. The van der Waals surface area contributed by atoms with Gasteiger partial charge in [0.25, 0.3) is 5.91 Å². The number of ether oxygens (including phenoxy) is 2. The molecule has 7 heteroatoms. The molecule has 2 fully saturated rings. The zero-order valence-electron chi connectivity index (χ0n) is 19.8. The topological polar surface area (TPSA) is 84.0 Å². The lowest BCUT2D eigenvalue weighted by Gasteiger charge is -2.30. The first kappa shape index (κ1) is 24.5. The predicted molar refractivity (Wildman–Crippen MR) is 128 cm³/mol. The summed E-state index contributed by atoms with van der Waals surface area (Å²) in [5, 5.41) is 9.91. The van der Waals surface area contributed by atoms with E-state index in [1.807, 2.05) is 31.2 Å². The molecule has 1 amide bonds. The standard InChI is InChI=1S/C25H40N4O3/c1-3-31-15-13-25(11-4-5-12-25)19-29-24(26-2)28-17-20-8-6-9-21(16-20)23(30)27-18-22-10-7-14-32-22/h6,8-9,16,22H,3-5,7,10-15,17-19H2,1-2H3,(H,27,30)(H2,26,28,29). The van der Waals surface area contributed by atoms with Crippen molar-refractivity contribution in [2.24, 2.45) is 10.4 Å². The molecule has 1 atom stereocenters. The maximum Gasteiger partial charge on any atom is 0.251 e. The van der Waals surface area contributed by atoms with Crippen LogP contribution in [0.15, 0.2) is 29.3 Å². The molecule has 0 aromatic heterocycles. The molecular formula is C25H40N4O3. The number of carbonyl (C=O) groups excluding carboxylic acids is 1. The van der Waals surface area contributed by atoms with Gasteiger partial charge in [0.1, 0.15) is 0 Å². The van der Waals surface area contributed by atoms with Gasteiger partial charge in [0.15, 0.2) is 5.96 Å². The lowest BCUT2D eigenvalue weighted by atomic mass is 9.83. The highest BCUT2D eigenvalue weighted by Gasteiger charge is 2.33. The van der Waals surface area contributed by atoms with Crippen LogP contribution in [0, 0.1) is 5.41 Å². The Bertz CT molecular complexity index is 740. The normalized spacial score (nSPS) is 20.3. The van der Waals surface area contributed by atoms with Gasteiger partial charge >= 0.3 is 0 Å². The first-order valence-corrected chi connectivity index (χ1v) is 12.2. The van der Waals surface area contributed by atoms with Crippen molar-refractivity contribution in [1.82, 2.24) is 16.0 Å². The highest BCUT2D eigenvalue weighted by Crippen LogP contribution is 2.40. The quantitative estimate of drug-likeness (QED) is 0.277. The summed E-state index contributed by atoms with van der Waals surface area (Å²) in [4.78, 5) is 16.9. The number of aliphatic imine (C=N–C) groups is 1. The molecule has 1 saturated heterocycles. The Kier molecular flexibility index (Phi) is 9.81. The number of nitrogens with zero attached hydrogens (tertiary/aromatic N) is 1. The van der Waals surface area contributed by atoms with Crippen LogP contribution in [0.1, 0.15) is 67.8 Å². The van der Waals surface area contributed by atoms with Gasteiger partial charge in [0.2, 0.25) is 0 Å². The summed E-state index contributed by atoms with van der Waals surface area (Å²) in [7, 11) is 1.80. The number of hydrogen-bond donors (Lipinski definition) is 3. The summed E-state index contributed by atoms with van der Waals surface area (Å²) >= 11 is 0. The van der Waals surface area contributed by atoms with Crippen molar-refractivity contribution >= 4 is 11.9 Å². The smallest absolute Gasteiger partial charge is 0.251 e. The van der Waals surface area contributed by atoms with Gasteiger partial charge in [-0.25, -0.2) is 0 Å². The van der Waals surface area contributed by atoms with Gasteiger partial charge in [0.05, 0.1) is 6.10 Å². The predicted octanol–water partition coefficient (Wildman–Crippen LogP) is 3.25. The second-order valence-corrected chi connectivity index (χ2v) is 8.98. The molecule has 0 bridgehead atoms. The molecule has 3 rings (SSSR count). The lowest BCUT2D eigenvalue weighted by Crippen LogP contribution is -2.43. The maximum atomic E-state index is 12.5. The molecule has 2 aliphatic rings. The average molecular weight is 445 g/mol. The molecule has 1 saturated carbocycles. The van der Waals surface area contributed by atoms with Gasteiger partial charge in [-0.05, 0) is 62.1 Å². The summed E-state index contributed by atoms with van der Waals surface area (Å²) in [6.07, 6.45) is 8.40. The van der Waals surface area contributed by atoms with Gasteiger partial charge in [-0.3, -0.25) is 9.79 Å². The van der Waals surface area contributed by atoms with Crippen LogP contribution in [0.3, 0.4) is 0 Å². The molecule has 1 aliphatic heterocycles. The Morgan fingerprint density at radius 3 is 2.78 bits per heavy atom. The summed E-state index contributed by atoms with van der Waals surface area (Å²) in [5.74, 6) is 0.739. The molecule has 0 radical (unpaired) electrons. The minimum atomic E-state index is -0.0534. The van der Waals surface area contributed by atoms with E-state index in [0.29, 0.717) is 24.1 Å². The maximum absolute atomic E-state index is 12.5. The van der Waals surface area contributed by atoms with Crippen LogP contribution in [0.5, 0.6) is 0 Å². The number of carbonyl (C=O) groups is 1. The van der Waals surface area contributed by atoms with Crippen LogP contribution in [-0.4, -0.2) is 57.9 Å². The van der Waals surface area contributed by atoms with E-state index in [-0.39, 0.29) is 12.0 Å². The van der Waals surface area contributed by atoms with Crippen molar-refractivity contribution < 1.29 is 14.3 Å². The zero-order valence-corrected chi connectivity index (χ0v) is 19.8. The minimum Gasteiger partial charge on any atom is -0.382 e. The number of rotatable bonds is 11. The highest BCUT2D eigenvalue weighted by molar-refractivity contribution is 5.94. The van der Waals surface area contributed by atoms with Crippen LogP contribution in [-0.2, 0) is 16.0 Å². The highest BCUT2D eigenvalue weighted by atomic mass is 16.5. The van der Waals surface area contributed by atoms with Gasteiger partial charge in [-0.2, -0.15) is 0 Å². The van der Waals surface area contributed by atoms with E-state index >= 15 is 0 Å². The summed E-state index contributed by atoms with van der Waals surface area (Å²) in [5.41, 5.74) is 2.02. The van der Waals surface area contributed by atoms with Gasteiger partial charge < -0.3 is 25.4 Å². The van der Waals surface area contributed by atoms with Crippen molar-refractivity contribution in [3.05, 3.63) is 35.4 Å². The first-order chi connectivity index (χ1) is 15.6. The van der Waals surface area contributed by atoms with Crippen molar-refractivity contribution in [1.29, 1.82) is 0 Å². The summed E-state index contributed by atoms with van der Waals surface area (Å²) < 4.78 is 11.2. The van der Waals surface area contributed by atoms with Crippen molar-refractivity contribution in [3.8, 4) is 0 Å². The van der Waals surface area contributed by atoms with Crippen LogP contribution >= 0.6 is 0 Å². The molecule has 178 valence electrons. The number of hydrogen-bond acceptors (Lipinski definition) is 4. The Morgan fingerprint density at radius 2 is 2.06 bits per heavy atom. The fourth-order valence-electron chi connectivity index (χ4n) is 4.69. The third kappa shape index (κ3) is 7.48. The number of guanidine groups is 1. The van der Waals surface area contributed by atoms with Crippen LogP contribution in [0.2, 0.25) is 0 Å². The van der Waals surface area contributed by atoms with E-state index in [1.165, 1.54) is 25.7 Å². The lowest BCUT2D eigenvalue weighted by molar-refractivity contribution is 0.0857. The fourth-order valence-corrected chi connectivity index (χ4v) is 4.69. The molecular weight excluding hydrogens is 404 g/mol. The molecule has 1 aromatic carbocycles. The Balaban J connectivity index is 1.46. The molecule has 7 nitrogen and oxygen atoms in total. The van der Waals surface area contributed by atoms with Crippen LogP contribution < -0.4 is 16.0 Å². The van der Waals surface area contributed by atoms with Crippen LogP contribution in [0.4, 0.5) is 0 Å². The van der Waals surface area contributed by atoms with E-state index in [0.717, 1.165) is 57.2 Å². The Morgan fingerprint density at radius 1 is 1.22 bits per heavy atom. The van der Waals surface area contributed by atoms with E-state index in [9.17, 15) is 4.79 Å². The average Bonchev–Trinajstić information content (AvgIpc) is 3.51. The van der Waals surface area contributed by atoms with Crippen molar-refractivity contribution in [2.45, 2.75) is 64.5 Å². The SMILES string of the molecule is CCOCCC1(CNC(=NC)NCc2cccc(C(=O)NCC3CCCO3)c2)CCCC1. The van der Waals surface area contributed by atoms with Crippen LogP contribution in [0.25, 0.3) is 0 Å². The Labute approximate surface area is 192 Å². The third-order valence-corrected chi connectivity index (χ3v) is 6.66. The molecule has 3 N–H and O–H groups in total. The molecule has 32 heavy (non-hydrogen) atoms. The molecule has 0 spiro atoms. The molecule has 1 unspecified atom stereocenters. The summed E-state index contributed by atoms with van der Waals surface area (Å²) in [6, 6.07) is 7.74. The second-order valence-electron chi connectivity index (χ2n) is 8.98. The van der Waals surface area contributed by atoms with Gasteiger partial charge in [-0.1, -0.05) is 25.0 Å². The number of nitrogens with one attached hydrogen (secondary N) is 3. The molecule has 1 aromatic rings.